The minimum absolute atomic E-state index is 0.0851. The van der Waals surface area contributed by atoms with Gasteiger partial charge < -0.3 is 9.47 Å². The van der Waals surface area contributed by atoms with Crippen molar-refractivity contribution in [2.24, 2.45) is 0 Å². The zero-order chi connectivity index (χ0) is 18.0. The van der Waals surface area contributed by atoms with Crippen LogP contribution in [0.4, 0.5) is 18.9 Å². The zero-order valence-electron chi connectivity index (χ0n) is 13.8. The fourth-order valence-corrected chi connectivity index (χ4v) is 3.30. The summed E-state index contributed by atoms with van der Waals surface area (Å²) >= 11 is 0. The molecule has 0 radical (unpaired) electrons. The van der Waals surface area contributed by atoms with E-state index in [4.69, 9.17) is 5.26 Å². The Labute approximate surface area is 143 Å². The van der Waals surface area contributed by atoms with Crippen LogP contribution in [-0.4, -0.2) is 27.9 Å². The minimum atomic E-state index is -4.44. The molecule has 0 saturated carbocycles. The van der Waals surface area contributed by atoms with Gasteiger partial charge in [0.05, 0.1) is 22.9 Å². The number of rotatable bonds is 3. The van der Waals surface area contributed by atoms with Gasteiger partial charge in [0, 0.05) is 25.6 Å². The number of hydrogen-bond acceptors (Lipinski definition) is 4. The minimum Gasteiger partial charge on any atom is -0.371 e. The van der Waals surface area contributed by atoms with Gasteiger partial charge in [0.15, 0.2) is 0 Å². The number of alkyl halides is 3. The number of nitriles is 1. The average molecular weight is 349 g/mol. The van der Waals surface area contributed by atoms with Crippen LogP contribution in [0.15, 0.2) is 24.5 Å². The molecular formula is C17H18F3N5. The van der Waals surface area contributed by atoms with E-state index < -0.39 is 11.7 Å². The molecule has 1 saturated heterocycles. The van der Waals surface area contributed by atoms with Crippen LogP contribution in [0, 0.1) is 11.3 Å². The van der Waals surface area contributed by atoms with Crippen LogP contribution in [0.1, 0.15) is 42.6 Å². The smallest absolute Gasteiger partial charge is 0.371 e. The first-order valence-corrected chi connectivity index (χ1v) is 8.18. The predicted molar refractivity (Wildman–Crippen MR) is 86.0 cm³/mol. The molecule has 8 heteroatoms. The van der Waals surface area contributed by atoms with E-state index in [0.29, 0.717) is 25.9 Å². The van der Waals surface area contributed by atoms with Crippen molar-refractivity contribution in [2.75, 3.05) is 18.0 Å². The van der Waals surface area contributed by atoms with E-state index in [1.54, 1.807) is 11.2 Å². The summed E-state index contributed by atoms with van der Waals surface area (Å²) in [5.74, 6) is 1.08. The number of piperidine rings is 1. The molecule has 0 atom stereocenters. The third-order valence-electron chi connectivity index (χ3n) is 4.62. The molecule has 2 aromatic rings. The van der Waals surface area contributed by atoms with E-state index >= 15 is 0 Å². The number of nitrogens with zero attached hydrogens (tertiary/aromatic N) is 5. The lowest BCUT2D eigenvalue weighted by Gasteiger charge is -2.34. The van der Waals surface area contributed by atoms with Gasteiger partial charge in [-0.2, -0.15) is 18.4 Å². The summed E-state index contributed by atoms with van der Waals surface area (Å²) in [5, 5.41) is 17.1. The van der Waals surface area contributed by atoms with Crippen molar-refractivity contribution in [3.8, 4) is 6.07 Å². The maximum atomic E-state index is 13.3. The molecule has 0 N–H and O–H groups in total. The predicted octanol–water partition coefficient (Wildman–Crippen LogP) is 3.57. The second-order valence-corrected chi connectivity index (χ2v) is 6.08. The lowest BCUT2D eigenvalue weighted by molar-refractivity contribution is -0.137. The third kappa shape index (κ3) is 3.45. The third-order valence-corrected chi connectivity index (χ3v) is 4.62. The number of aromatic nitrogens is 3. The van der Waals surface area contributed by atoms with Gasteiger partial charge in [-0.15, -0.1) is 10.2 Å². The van der Waals surface area contributed by atoms with Gasteiger partial charge in [0.1, 0.15) is 12.2 Å². The molecule has 0 bridgehead atoms. The Bertz CT molecular complexity index is 782. The van der Waals surface area contributed by atoms with Gasteiger partial charge in [-0.3, -0.25) is 0 Å². The Hall–Kier alpha value is -2.56. The van der Waals surface area contributed by atoms with Crippen molar-refractivity contribution < 1.29 is 13.2 Å². The maximum Gasteiger partial charge on any atom is 0.418 e. The molecule has 25 heavy (non-hydrogen) atoms. The second-order valence-electron chi connectivity index (χ2n) is 6.08. The first kappa shape index (κ1) is 17.3. The van der Waals surface area contributed by atoms with Gasteiger partial charge in [0.25, 0.3) is 0 Å². The van der Waals surface area contributed by atoms with Crippen LogP contribution in [0.3, 0.4) is 0 Å². The normalized spacial score (nSPS) is 16.0. The zero-order valence-corrected chi connectivity index (χ0v) is 13.8. The number of aryl methyl sites for hydroxylation is 1. The van der Waals surface area contributed by atoms with Crippen LogP contribution in [-0.2, 0) is 12.7 Å². The lowest BCUT2D eigenvalue weighted by Crippen LogP contribution is -2.35. The summed E-state index contributed by atoms with van der Waals surface area (Å²) in [6.45, 7) is 3.74. The van der Waals surface area contributed by atoms with E-state index in [0.717, 1.165) is 18.4 Å². The summed E-state index contributed by atoms with van der Waals surface area (Å²) in [6, 6.07) is 5.45. The first-order valence-electron chi connectivity index (χ1n) is 8.18. The SMILES string of the molecule is CCn1cnnc1C1CCN(c2cc(C#N)ccc2C(F)(F)F)CC1. The Morgan fingerprint density at radius 3 is 2.60 bits per heavy atom. The molecular weight excluding hydrogens is 331 g/mol. The van der Waals surface area contributed by atoms with Crippen molar-refractivity contribution in [3.63, 3.8) is 0 Å². The standard InChI is InChI=1S/C17H18F3N5/c1-2-24-11-22-23-16(24)13-5-7-25(8-6-13)15-9-12(10-21)3-4-14(15)17(18,19)20/h3-4,9,11,13H,2,5-8H2,1H3. The Kier molecular flexibility index (Phi) is 4.66. The van der Waals surface area contributed by atoms with Crippen LogP contribution in [0.25, 0.3) is 0 Å². The molecule has 1 fully saturated rings. The summed E-state index contributed by atoms with van der Waals surface area (Å²) in [7, 11) is 0. The molecule has 3 rings (SSSR count). The average Bonchev–Trinajstić information content (AvgIpc) is 3.09. The van der Waals surface area contributed by atoms with Gasteiger partial charge in [-0.1, -0.05) is 0 Å². The molecule has 1 aromatic heterocycles. The Morgan fingerprint density at radius 1 is 1.28 bits per heavy atom. The number of anilines is 1. The van der Waals surface area contributed by atoms with Gasteiger partial charge in [-0.25, -0.2) is 0 Å². The topological polar surface area (TPSA) is 57.7 Å². The van der Waals surface area contributed by atoms with Crippen LogP contribution in [0.5, 0.6) is 0 Å². The quantitative estimate of drug-likeness (QED) is 0.850. The first-order chi connectivity index (χ1) is 11.9. The lowest BCUT2D eigenvalue weighted by atomic mass is 9.94. The summed E-state index contributed by atoms with van der Waals surface area (Å²) < 4.78 is 41.9. The summed E-state index contributed by atoms with van der Waals surface area (Å²) in [5.41, 5.74) is -0.375. The highest BCUT2D eigenvalue weighted by Crippen LogP contribution is 2.39. The van der Waals surface area contributed by atoms with Crippen LogP contribution < -0.4 is 4.90 Å². The van der Waals surface area contributed by atoms with Crippen LogP contribution in [0.2, 0.25) is 0 Å². The fraction of sp³-hybridized carbons (Fsp3) is 0.471. The van der Waals surface area contributed by atoms with Gasteiger partial charge in [0.2, 0.25) is 0 Å². The molecule has 1 aromatic carbocycles. The van der Waals surface area contributed by atoms with Crippen LogP contribution >= 0.6 is 0 Å². The molecule has 0 unspecified atom stereocenters. The van der Waals surface area contributed by atoms with Crippen molar-refractivity contribution in [2.45, 2.75) is 38.4 Å². The maximum absolute atomic E-state index is 13.3. The number of hydrogen-bond donors (Lipinski definition) is 0. The summed E-state index contributed by atoms with van der Waals surface area (Å²) in [6.07, 6.45) is -1.36. The fourth-order valence-electron chi connectivity index (χ4n) is 3.30. The molecule has 2 heterocycles. The van der Waals surface area contributed by atoms with Gasteiger partial charge in [-0.05, 0) is 38.0 Å². The highest BCUT2D eigenvalue weighted by molar-refractivity contribution is 5.59. The largest absolute Gasteiger partial charge is 0.418 e. The van der Waals surface area contributed by atoms with E-state index in [2.05, 4.69) is 10.2 Å². The molecule has 132 valence electrons. The van der Waals surface area contributed by atoms with E-state index in [-0.39, 0.29) is 17.2 Å². The summed E-state index contributed by atoms with van der Waals surface area (Å²) in [4.78, 5) is 1.72. The highest BCUT2D eigenvalue weighted by atomic mass is 19.4. The molecule has 0 spiro atoms. The molecule has 0 aliphatic carbocycles. The van der Waals surface area contributed by atoms with Crippen molar-refractivity contribution in [1.29, 1.82) is 5.26 Å². The molecule has 0 amide bonds. The molecule has 1 aliphatic rings. The molecule has 1 aliphatic heterocycles. The highest BCUT2D eigenvalue weighted by Gasteiger charge is 2.36. The molecule has 5 nitrogen and oxygen atoms in total. The monoisotopic (exact) mass is 349 g/mol. The number of benzene rings is 1. The van der Waals surface area contributed by atoms with Crippen molar-refractivity contribution in [1.82, 2.24) is 14.8 Å². The Morgan fingerprint density at radius 2 is 2.00 bits per heavy atom. The van der Waals surface area contributed by atoms with E-state index in [9.17, 15) is 13.2 Å². The van der Waals surface area contributed by atoms with Gasteiger partial charge >= 0.3 is 6.18 Å². The van der Waals surface area contributed by atoms with Crippen molar-refractivity contribution >= 4 is 5.69 Å². The van der Waals surface area contributed by atoms with E-state index in [1.807, 2.05) is 17.6 Å². The Balaban J connectivity index is 1.82. The number of halogens is 3. The van der Waals surface area contributed by atoms with E-state index in [1.165, 1.54) is 12.1 Å². The van der Waals surface area contributed by atoms with Crippen molar-refractivity contribution in [3.05, 3.63) is 41.5 Å². The second kappa shape index (κ2) is 6.75.